The summed E-state index contributed by atoms with van der Waals surface area (Å²) in [5, 5.41) is 17.5. The van der Waals surface area contributed by atoms with Crippen LogP contribution in [0.4, 0.5) is 0 Å². The van der Waals surface area contributed by atoms with Crippen LogP contribution in [0.3, 0.4) is 0 Å². The zero-order chi connectivity index (χ0) is 7.72. The maximum absolute atomic E-state index is 10.3. The van der Waals surface area contributed by atoms with Crippen molar-refractivity contribution in [2.24, 2.45) is 11.7 Å². The molecule has 0 amide bonds. The molecule has 58 valence electrons. The maximum atomic E-state index is 10.3. The van der Waals surface area contributed by atoms with Crippen molar-refractivity contribution in [3.8, 4) is 0 Å². The second kappa shape index (κ2) is 2.56. The van der Waals surface area contributed by atoms with Crippen LogP contribution in [0, 0.1) is 5.92 Å². The molecule has 0 heterocycles. The molecule has 1 unspecified atom stereocenters. The van der Waals surface area contributed by atoms with Gasteiger partial charge in [-0.05, 0) is 12.8 Å². The number of carbonyl (C=O) groups is 1. The molecule has 1 rings (SSSR count). The van der Waals surface area contributed by atoms with Gasteiger partial charge in [0.15, 0.2) is 0 Å². The van der Waals surface area contributed by atoms with Gasteiger partial charge in [-0.15, -0.1) is 0 Å². The Morgan fingerprint density at radius 3 is 2.30 bits per heavy atom. The summed E-state index contributed by atoms with van der Waals surface area (Å²) in [5.74, 6) is -1.29. The summed E-state index contributed by atoms with van der Waals surface area (Å²) in [7, 11) is 0. The van der Waals surface area contributed by atoms with Gasteiger partial charge in [-0.3, -0.25) is 4.79 Å². The molecule has 0 aromatic rings. The van der Waals surface area contributed by atoms with Crippen LogP contribution in [0.2, 0.25) is 0 Å². The monoisotopic (exact) mass is 145 g/mol. The molecule has 4 nitrogen and oxygen atoms in total. The van der Waals surface area contributed by atoms with Crippen molar-refractivity contribution in [2.75, 3.05) is 0 Å². The Morgan fingerprint density at radius 2 is 2.10 bits per heavy atom. The first-order chi connectivity index (χ1) is 4.61. The molecule has 0 radical (unpaired) electrons. The Hall–Kier alpha value is -0.610. The molecule has 1 fully saturated rings. The SMILES string of the molecule is NC1C[C@H](C(=O)O)C[C@@H]1O. The lowest BCUT2D eigenvalue weighted by Gasteiger charge is -2.04. The summed E-state index contributed by atoms with van der Waals surface area (Å²) in [6.07, 6.45) is 0.0774. The zero-order valence-corrected chi connectivity index (χ0v) is 5.53. The normalized spacial score (nSPS) is 40.0. The standard InChI is InChI=1S/C6H11NO3/c7-4-1-3(6(9)10)2-5(4)8/h3-5,8H,1-2,7H2,(H,9,10)/t3-,4?,5-/m0/s1. The van der Waals surface area contributed by atoms with Crippen molar-refractivity contribution in [2.45, 2.75) is 25.0 Å². The zero-order valence-electron chi connectivity index (χ0n) is 5.53. The van der Waals surface area contributed by atoms with Crippen molar-refractivity contribution in [3.05, 3.63) is 0 Å². The second-order valence-corrected chi connectivity index (χ2v) is 2.74. The van der Waals surface area contributed by atoms with E-state index in [0.717, 1.165) is 0 Å². The number of aliphatic hydroxyl groups is 1. The molecular weight excluding hydrogens is 134 g/mol. The van der Waals surface area contributed by atoms with Crippen LogP contribution in [0.25, 0.3) is 0 Å². The summed E-state index contributed by atoms with van der Waals surface area (Å²) < 4.78 is 0. The Morgan fingerprint density at radius 1 is 1.50 bits per heavy atom. The van der Waals surface area contributed by atoms with Gasteiger partial charge in [0.05, 0.1) is 12.0 Å². The van der Waals surface area contributed by atoms with Crippen LogP contribution in [-0.2, 0) is 4.79 Å². The molecule has 0 aromatic heterocycles. The third-order valence-corrected chi connectivity index (χ3v) is 1.93. The van der Waals surface area contributed by atoms with Crippen LogP contribution in [0.15, 0.2) is 0 Å². The molecular formula is C6H11NO3. The lowest BCUT2D eigenvalue weighted by Crippen LogP contribution is -2.28. The summed E-state index contributed by atoms with van der Waals surface area (Å²) in [5.41, 5.74) is 5.39. The van der Waals surface area contributed by atoms with Gasteiger partial charge < -0.3 is 15.9 Å². The number of nitrogens with two attached hydrogens (primary N) is 1. The predicted octanol–water partition coefficient (Wildman–Crippen LogP) is -0.831. The molecule has 1 aliphatic carbocycles. The summed E-state index contributed by atoms with van der Waals surface area (Å²) >= 11 is 0. The van der Waals surface area contributed by atoms with E-state index < -0.39 is 18.0 Å². The molecule has 4 N–H and O–H groups in total. The number of carboxylic acids is 1. The Kier molecular flexibility index (Phi) is 1.92. The molecule has 4 heteroatoms. The molecule has 0 spiro atoms. The van der Waals surface area contributed by atoms with E-state index in [-0.39, 0.29) is 6.04 Å². The first-order valence-electron chi connectivity index (χ1n) is 3.27. The lowest BCUT2D eigenvalue weighted by atomic mass is 10.1. The lowest BCUT2D eigenvalue weighted by molar-refractivity contribution is -0.141. The summed E-state index contributed by atoms with van der Waals surface area (Å²) in [4.78, 5) is 10.3. The van der Waals surface area contributed by atoms with Crippen molar-refractivity contribution in [3.63, 3.8) is 0 Å². The molecule has 1 saturated carbocycles. The minimum Gasteiger partial charge on any atom is -0.481 e. The van der Waals surface area contributed by atoms with E-state index >= 15 is 0 Å². The predicted molar refractivity (Wildman–Crippen MR) is 34.3 cm³/mol. The molecule has 10 heavy (non-hydrogen) atoms. The van der Waals surface area contributed by atoms with E-state index in [4.69, 9.17) is 15.9 Å². The van der Waals surface area contributed by atoms with Crippen LogP contribution in [-0.4, -0.2) is 28.3 Å². The van der Waals surface area contributed by atoms with Gasteiger partial charge in [-0.1, -0.05) is 0 Å². The molecule has 0 aromatic carbocycles. The number of rotatable bonds is 1. The van der Waals surface area contributed by atoms with Crippen molar-refractivity contribution in [1.29, 1.82) is 0 Å². The topological polar surface area (TPSA) is 83.6 Å². The van der Waals surface area contributed by atoms with E-state index in [0.29, 0.717) is 12.8 Å². The molecule has 1 aliphatic rings. The van der Waals surface area contributed by atoms with Crippen LogP contribution in [0.1, 0.15) is 12.8 Å². The van der Waals surface area contributed by atoms with Gasteiger partial charge in [-0.25, -0.2) is 0 Å². The van der Waals surface area contributed by atoms with Gasteiger partial charge in [-0.2, -0.15) is 0 Å². The highest BCUT2D eigenvalue weighted by Crippen LogP contribution is 2.24. The van der Waals surface area contributed by atoms with Crippen molar-refractivity contribution in [1.82, 2.24) is 0 Å². The third-order valence-electron chi connectivity index (χ3n) is 1.93. The van der Waals surface area contributed by atoms with Gasteiger partial charge >= 0.3 is 5.97 Å². The second-order valence-electron chi connectivity index (χ2n) is 2.74. The average Bonchev–Trinajstić information content (AvgIpc) is 2.13. The minimum atomic E-state index is -0.855. The van der Waals surface area contributed by atoms with Crippen LogP contribution >= 0.6 is 0 Å². The Bertz CT molecular complexity index is 138. The first-order valence-corrected chi connectivity index (χ1v) is 3.27. The summed E-state index contributed by atoms with van der Waals surface area (Å²) in [6, 6.07) is -0.346. The number of aliphatic hydroxyl groups excluding tert-OH is 1. The Balaban J connectivity index is 2.49. The van der Waals surface area contributed by atoms with Crippen LogP contribution in [0.5, 0.6) is 0 Å². The van der Waals surface area contributed by atoms with Gasteiger partial charge in [0.1, 0.15) is 0 Å². The van der Waals surface area contributed by atoms with E-state index in [1.165, 1.54) is 0 Å². The van der Waals surface area contributed by atoms with E-state index in [1.54, 1.807) is 0 Å². The maximum Gasteiger partial charge on any atom is 0.306 e. The number of hydrogen-bond acceptors (Lipinski definition) is 3. The molecule has 0 bridgehead atoms. The number of hydrogen-bond donors (Lipinski definition) is 3. The van der Waals surface area contributed by atoms with E-state index in [2.05, 4.69) is 0 Å². The van der Waals surface area contributed by atoms with Gasteiger partial charge in [0.2, 0.25) is 0 Å². The minimum absolute atomic E-state index is 0.302. The number of carboxylic acid groups (broad SMARTS) is 1. The molecule has 0 aliphatic heterocycles. The fraction of sp³-hybridized carbons (Fsp3) is 0.833. The fourth-order valence-corrected chi connectivity index (χ4v) is 1.25. The van der Waals surface area contributed by atoms with Crippen molar-refractivity contribution >= 4 is 5.97 Å². The first kappa shape index (κ1) is 7.50. The van der Waals surface area contributed by atoms with E-state index in [1.807, 2.05) is 0 Å². The summed E-state index contributed by atoms with van der Waals surface area (Å²) in [6.45, 7) is 0. The number of aliphatic carboxylic acids is 1. The smallest absolute Gasteiger partial charge is 0.306 e. The van der Waals surface area contributed by atoms with Gasteiger partial charge in [0.25, 0.3) is 0 Å². The molecule has 0 saturated heterocycles. The van der Waals surface area contributed by atoms with Crippen molar-refractivity contribution < 1.29 is 15.0 Å². The van der Waals surface area contributed by atoms with Gasteiger partial charge in [0, 0.05) is 6.04 Å². The largest absolute Gasteiger partial charge is 0.481 e. The highest BCUT2D eigenvalue weighted by atomic mass is 16.4. The highest BCUT2D eigenvalue weighted by molar-refractivity contribution is 5.70. The fourth-order valence-electron chi connectivity index (χ4n) is 1.25. The third kappa shape index (κ3) is 1.27. The van der Waals surface area contributed by atoms with E-state index in [9.17, 15) is 4.79 Å². The molecule has 3 atom stereocenters. The average molecular weight is 145 g/mol. The highest BCUT2D eigenvalue weighted by Gasteiger charge is 2.34. The van der Waals surface area contributed by atoms with Crippen LogP contribution < -0.4 is 5.73 Å². The Labute approximate surface area is 58.6 Å². The quantitative estimate of drug-likeness (QED) is 0.449.